The van der Waals surface area contributed by atoms with Gasteiger partial charge >= 0.3 is 12.1 Å². The molecule has 0 bridgehead atoms. The summed E-state index contributed by atoms with van der Waals surface area (Å²) in [7, 11) is 0. The van der Waals surface area contributed by atoms with Crippen molar-refractivity contribution in [1.82, 2.24) is 26.2 Å². The number of rotatable bonds is 18. The third-order valence-electron chi connectivity index (χ3n) is 7.10. The van der Waals surface area contributed by atoms with Crippen LogP contribution in [0.1, 0.15) is 36.8 Å². The Morgan fingerprint density at radius 1 is 0.698 bits per heavy atom. The number of carbonyl (C=O) groups is 8. The summed E-state index contributed by atoms with van der Waals surface area (Å²) >= 11 is 0. The molecule has 286 valence electrons. The predicted molar refractivity (Wildman–Crippen MR) is 180 cm³/mol. The number of hydrogen-bond acceptors (Lipinski definition) is 9. The molecule has 0 aromatic heterocycles. The van der Waals surface area contributed by atoms with Gasteiger partial charge in [0.15, 0.2) is 0 Å². The van der Waals surface area contributed by atoms with Crippen molar-refractivity contribution >= 4 is 53.0 Å². The van der Waals surface area contributed by atoms with Crippen LogP contribution < -0.4 is 26.6 Å². The number of aliphatic carboxylic acids is 1. The summed E-state index contributed by atoms with van der Waals surface area (Å²) in [4.78, 5) is 95.3. The van der Waals surface area contributed by atoms with Gasteiger partial charge in [-0.2, -0.15) is 13.2 Å². The third kappa shape index (κ3) is 17.1. The minimum absolute atomic E-state index is 0.130. The number of imide groups is 1. The van der Waals surface area contributed by atoms with Gasteiger partial charge in [-0.05, 0) is 36.1 Å². The second-order valence-electron chi connectivity index (χ2n) is 11.3. The van der Waals surface area contributed by atoms with Crippen molar-refractivity contribution in [2.45, 2.75) is 50.9 Å². The molecule has 7 N–H and O–H groups in total. The molecule has 2 aromatic rings. The first-order valence-electron chi connectivity index (χ1n) is 16.1. The molecule has 53 heavy (non-hydrogen) atoms. The van der Waals surface area contributed by atoms with Gasteiger partial charge in [-0.3, -0.25) is 38.5 Å². The number of aliphatic hydroxyl groups is 1. The maximum atomic E-state index is 13.0. The molecule has 0 radical (unpaired) electrons. The van der Waals surface area contributed by atoms with E-state index in [1.807, 2.05) is 6.07 Å². The number of halogens is 3. The van der Waals surface area contributed by atoms with Crippen LogP contribution in [0.25, 0.3) is 0 Å². The van der Waals surface area contributed by atoms with Crippen molar-refractivity contribution in [3.63, 3.8) is 0 Å². The van der Waals surface area contributed by atoms with Crippen LogP contribution in [-0.4, -0.2) is 101 Å². The summed E-state index contributed by atoms with van der Waals surface area (Å²) in [5.41, 5.74) is 1.93. The van der Waals surface area contributed by atoms with Gasteiger partial charge in [0.1, 0.15) is 6.04 Å². The molecule has 0 fully saturated rings. The molecule has 1 aliphatic heterocycles. The fourth-order valence-corrected chi connectivity index (χ4v) is 4.39. The summed E-state index contributed by atoms with van der Waals surface area (Å²) in [5.74, 6) is -6.15. The lowest BCUT2D eigenvalue weighted by Crippen LogP contribution is -2.52. The second kappa shape index (κ2) is 22.0. The lowest BCUT2D eigenvalue weighted by atomic mass is 10.1. The van der Waals surface area contributed by atoms with Gasteiger partial charge < -0.3 is 36.8 Å². The molecule has 7 amide bonds. The van der Waals surface area contributed by atoms with E-state index in [4.69, 9.17) is 15.0 Å². The third-order valence-corrected chi connectivity index (χ3v) is 7.10. The Kier molecular flexibility index (Phi) is 17.8. The van der Waals surface area contributed by atoms with Crippen LogP contribution >= 0.6 is 0 Å². The Morgan fingerprint density at radius 2 is 1.26 bits per heavy atom. The average Bonchev–Trinajstić information content (AvgIpc) is 3.44. The quantitative estimate of drug-likeness (QED) is 0.0814. The molecule has 0 saturated carbocycles. The summed E-state index contributed by atoms with van der Waals surface area (Å²) in [5, 5.41) is 28.9. The van der Waals surface area contributed by atoms with Crippen molar-refractivity contribution in [2.75, 3.05) is 31.5 Å². The van der Waals surface area contributed by atoms with Crippen LogP contribution in [0.15, 0.2) is 66.7 Å². The van der Waals surface area contributed by atoms with Gasteiger partial charge in [0.25, 0.3) is 11.8 Å². The first-order valence-corrected chi connectivity index (χ1v) is 16.1. The van der Waals surface area contributed by atoms with Crippen LogP contribution in [0.4, 0.5) is 18.9 Å². The highest BCUT2D eigenvalue weighted by atomic mass is 19.4. The molecule has 2 aromatic carbocycles. The largest absolute Gasteiger partial charge is 0.490 e. The number of nitrogens with zero attached hydrogens (tertiary/aromatic N) is 1. The van der Waals surface area contributed by atoms with Gasteiger partial charge in [-0.1, -0.05) is 48.9 Å². The Morgan fingerprint density at radius 3 is 1.85 bits per heavy atom. The van der Waals surface area contributed by atoms with Gasteiger partial charge in [0.05, 0.1) is 26.2 Å². The Balaban J connectivity index is 0.00000126. The Hall–Kier alpha value is -6.11. The molecule has 16 nitrogen and oxygen atoms in total. The zero-order chi connectivity index (χ0) is 39.4. The normalized spacial score (nSPS) is 12.6. The number of unbranched alkanes of at least 4 members (excludes halogenated alkanes) is 2. The highest BCUT2D eigenvalue weighted by Gasteiger charge is 2.38. The van der Waals surface area contributed by atoms with E-state index in [9.17, 15) is 46.7 Å². The molecule has 1 aliphatic rings. The average molecular weight is 749 g/mol. The highest BCUT2D eigenvalue weighted by molar-refractivity contribution is 6.12. The number of carbonyl (C=O) groups excluding carboxylic acids is 7. The van der Waals surface area contributed by atoms with Crippen LogP contribution in [0, 0.1) is 0 Å². The fraction of sp³-hybridized carbons (Fsp3) is 0.353. The minimum atomic E-state index is -5.08. The maximum absolute atomic E-state index is 13.0. The monoisotopic (exact) mass is 748 g/mol. The number of carboxylic acids is 1. The van der Waals surface area contributed by atoms with Gasteiger partial charge in [-0.15, -0.1) is 0 Å². The molecule has 1 atom stereocenters. The Labute approximate surface area is 301 Å². The van der Waals surface area contributed by atoms with Crippen molar-refractivity contribution < 1.29 is 61.7 Å². The number of alkyl halides is 3. The van der Waals surface area contributed by atoms with Crippen molar-refractivity contribution in [1.29, 1.82) is 0 Å². The van der Waals surface area contributed by atoms with Gasteiger partial charge in [0.2, 0.25) is 29.5 Å². The van der Waals surface area contributed by atoms with E-state index >= 15 is 0 Å². The van der Waals surface area contributed by atoms with Crippen LogP contribution in [0.3, 0.4) is 0 Å². The number of anilines is 1. The van der Waals surface area contributed by atoms with Crippen LogP contribution in [-0.2, 0) is 51.4 Å². The lowest BCUT2D eigenvalue weighted by Gasteiger charge is -2.19. The topological polar surface area (TPSA) is 240 Å². The molecular weight excluding hydrogens is 709 g/mol. The number of benzene rings is 2. The van der Waals surface area contributed by atoms with Crippen molar-refractivity contribution in [3.8, 4) is 0 Å². The molecule has 3 rings (SSSR count). The second-order valence-corrected chi connectivity index (χ2v) is 11.3. The summed E-state index contributed by atoms with van der Waals surface area (Å²) in [6, 6.07) is 14.5. The standard InChI is InChI=1S/C32H38N6O8.C2HF3O2/c39-21-23-10-12-24(13-11-23)36-28(42)20-35-32(46)25(17-22-7-3-1-4-8-22)37-29(43)19-34-27(41)18-33-26(40)9-5-2-6-16-38-30(44)14-15-31(38)45;3-2(4,5)1(6)7/h1,3-4,7-8,10-15,25,39H,2,5-6,9,16-21H2,(H,33,40)(H,34,41)(H,35,46)(H,36,42)(H,37,43);(H,6,7). The lowest BCUT2D eigenvalue weighted by molar-refractivity contribution is -0.192. The summed E-state index contributed by atoms with van der Waals surface area (Å²) < 4.78 is 31.7. The maximum Gasteiger partial charge on any atom is 0.490 e. The number of nitrogens with one attached hydrogen (secondary N) is 5. The molecule has 0 spiro atoms. The SMILES string of the molecule is O=C(CCCCCN1C(=O)C=CC1=O)NCC(=O)NCC(=O)NC(Cc1ccccc1)C(=O)NCC(=O)Nc1ccc(CO)cc1.O=C(O)C(F)(F)F. The first kappa shape index (κ1) is 43.1. The zero-order valence-electron chi connectivity index (χ0n) is 28.2. The number of aliphatic hydroxyl groups excluding tert-OH is 1. The number of hydrogen-bond donors (Lipinski definition) is 7. The molecule has 19 heteroatoms. The van der Waals surface area contributed by atoms with E-state index in [0.717, 1.165) is 10.5 Å². The van der Waals surface area contributed by atoms with E-state index in [1.54, 1.807) is 48.5 Å². The number of amides is 7. The van der Waals surface area contributed by atoms with E-state index in [2.05, 4.69) is 26.6 Å². The van der Waals surface area contributed by atoms with Crippen LogP contribution in [0.5, 0.6) is 0 Å². The van der Waals surface area contributed by atoms with Crippen molar-refractivity contribution in [3.05, 3.63) is 77.9 Å². The van der Waals surface area contributed by atoms with E-state index < -0.39 is 48.4 Å². The summed E-state index contributed by atoms with van der Waals surface area (Å²) in [6.07, 6.45) is -0.693. The van der Waals surface area contributed by atoms with E-state index in [1.165, 1.54) is 12.2 Å². The first-order chi connectivity index (χ1) is 25.1. The summed E-state index contributed by atoms with van der Waals surface area (Å²) in [6.45, 7) is -0.995. The molecule has 0 saturated heterocycles. The molecule has 1 heterocycles. The molecular formula is C34H39F3N6O10. The van der Waals surface area contributed by atoms with Crippen molar-refractivity contribution in [2.24, 2.45) is 0 Å². The smallest absolute Gasteiger partial charge is 0.475 e. The fourth-order valence-electron chi connectivity index (χ4n) is 4.39. The highest BCUT2D eigenvalue weighted by Crippen LogP contribution is 2.13. The van der Waals surface area contributed by atoms with E-state index in [0.29, 0.717) is 30.5 Å². The number of carboxylic acid groups (broad SMARTS) is 1. The zero-order valence-corrected chi connectivity index (χ0v) is 28.2. The molecule has 1 unspecified atom stereocenters. The molecule has 0 aliphatic carbocycles. The van der Waals surface area contributed by atoms with Gasteiger partial charge in [-0.25, -0.2) is 4.79 Å². The van der Waals surface area contributed by atoms with Gasteiger partial charge in [0, 0.05) is 37.2 Å². The van der Waals surface area contributed by atoms with Crippen LogP contribution in [0.2, 0.25) is 0 Å². The Bertz CT molecular complexity index is 1620. The van der Waals surface area contributed by atoms with E-state index in [-0.39, 0.29) is 56.8 Å². The minimum Gasteiger partial charge on any atom is -0.475 e. The predicted octanol–water partition coefficient (Wildman–Crippen LogP) is 0.312.